The Kier molecular flexibility index (Phi) is 7.06. The molecule has 5 heterocycles. The lowest BCUT2D eigenvalue weighted by Crippen LogP contribution is -2.60. The maximum atomic E-state index is 9.36. The molecule has 0 atom stereocenters. The van der Waals surface area contributed by atoms with E-state index < -0.39 is 43.1 Å². The van der Waals surface area contributed by atoms with Gasteiger partial charge in [-0.05, 0) is 144 Å². The average Bonchev–Trinajstić information content (AvgIpc) is 2.43. The molecule has 0 saturated carbocycles. The first kappa shape index (κ1) is 34.2. The largest absolute Gasteiger partial charge is 0.441 e. The Morgan fingerprint density at radius 1 is 0.451 bits per heavy atom. The number of nitrogens with zero attached hydrogens (tertiary/aromatic N) is 3. The number of hydrogen-bond donors (Lipinski definition) is 0. The molecule has 0 unspecified atom stereocenters. The van der Waals surface area contributed by atoms with Crippen LogP contribution in [0.1, 0.15) is 119 Å². The zero-order valence-corrected chi connectivity index (χ0v) is 42.6. The summed E-state index contributed by atoms with van der Waals surface area (Å²) in [5.74, 6) is 0.625. The van der Waals surface area contributed by atoms with E-state index in [-0.39, 0.29) is 57.1 Å². The van der Waals surface area contributed by atoms with Crippen LogP contribution < -0.4 is 15.7 Å². The molecule has 0 radical (unpaired) electrons. The molecule has 350 valence electrons. The maximum Gasteiger partial charge on any atom is 0.336 e. The third-order valence-electron chi connectivity index (χ3n) is 15.3. The summed E-state index contributed by atoms with van der Waals surface area (Å²) in [4.78, 5) is 2.33. The molecular weight excluding hydrogens is 862 g/mol. The molecule has 0 fully saturated rings. The highest BCUT2D eigenvalue weighted by molar-refractivity contribution is 6.93. The Balaban J connectivity index is 1.22. The molecule has 5 heteroatoms. The number of hydrogen-bond acceptors (Lipinski definition) is 2. The molecule has 11 aromatic rings. The molecule has 0 N–H and O–H groups in total. The summed E-state index contributed by atoms with van der Waals surface area (Å²) in [5, 5.41) is 4.47. The van der Waals surface area contributed by atoms with Crippen molar-refractivity contribution in [3.63, 3.8) is 0 Å². The Morgan fingerprint density at radius 3 is 1.69 bits per heavy atom. The third-order valence-corrected chi connectivity index (χ3v) is 15.3. The normalized spacial score (nSPS) is 15.8. The molecule has 0 spiro atoms. The number of anilines is 2. The topological polar surface area (TPSA) is 26.2 Å². The van der Waals surface area contributed by atoms with E-state index in [1.165, 1.54) is 5.56 Å². The standard InChI is InChI=1S/C66H62BN3O/c1-63(2,3)41-24-27-46(28-25-41)70-62-59(51-31-40(23-30-58(51)71-62)39-19-15-13-16-20-39)52-34-44(66(10,11)12)36-57-60(52)67(70)53-35-43(65(7,8)9)33-50-49-38-55-48(37-56(49)69(57)61(50)53)47-32-42(64(4,5)6)26-29-54(47)68(55)45-21-17-14-18-22-45/h13-38H,1-12H3/i13D,14D,15D,16D,17D,18D,19D,20D,21D,22D. The number of aromatic nitrogens is 2. The Bertz CT molecular complexity index is 4580. The van der Waals surface area contributed by atoms with Crippen molar-refractivity contribution in [1.29, 1.82) is 0 Å². The molecule has 3 aromatic heterocycles. The molecule has 0 amide bonds. The van der Waals surface area contributed by atoms with Crippen LogP contribution in [0.25, 0.3) is 88.2 Å². The van der Waals surface area contributed by atoms with Gasteiger partial charge in [0.25, 0.3) is 0 Å². The molecule has 2 aliphatic rings. The minimum Gasteiger partial charge on any atom is -0.441 e. The highest BCUT2D eigenvalue weighted by Crippen LogP contribution is 2.51. The number of benzene rings is 8. The molecule has 71 heavy (non-hydrogen) atoms. The zero-order chi connectivity index (χ0) is 58.0. The molecule has 2 aliphatic heterocycles. The van der Waals surface area contributed by atoms with Crippen molar-refractivity contribution in [2.24, 2.45) is 0 Å². The molecule has 8 aromatic carbocycles. The van der Waals surface area contributed by atoms with E-state index in [4.69, 9.17) is 15.4 Å². The van der Waals surface area contributed by atoms with Gasteiger partial charge in [-0.1, -0.05) is 168 Å². The highest BCUT2D eigenvalue weighted by Gasteiger charge is 2.47. The average molecular weight is 934 g/mol. The first-order valence-corrected chi connectivity index (χ1v) is 24.8. The van der Waals surface area contributed by atoms with Crippen molar-refractivity contribution in [2.45, 2.75) is 105 Å². The summed E-state index contributed by atoms with van der Waals surface area (Å²) in [6.45, 7) is 26.0. The van der Waals surface area contributed by atoms with E-state index >= 15 is 0 Å². The van der Waals surface area contributed by atoms with Gasteiger partial charge in [-0.25, -0.2) is 0 Å². The second-order valence-electron chi connectivity index (χ2n) is 24.0. The first-order valence-electron chi connectivity index (χ1n) is 29.8. The fourth-order valence-corrected chi connectivity index (χ4v) is 11.4. The minimum absolute atomic E-state index is 0.0902. The van der Waals surface area contributed by atoms with Gasteiger partial charge < -0.3 is 18.4 Å². The van der Waals surface area contributed by atoms with E-state index in [9.17, 15) is 2.74 Å². The van der Waals surface area contributed by atoms with Crippen LogP contribution in [0.2, 0.25) is 0 Å². The van der Waals surface area contributed by atoms with Crippen LogP contribution in [-0.4, -0.2) is 16.0 Å². The van der Waals surface area contributed by atoms with Gasteiger partial charge in [0, 0.05) is 44.0 Å². The van der Waals surface area contributed by atoms with E-state index in [2.05, 4.69) is 165 Å². The van der Waals surface area contributed by atoms with Crippen LogP contribution in [0.15, 0.2) is 162 Å². The zero-order valence-electron chi connectivity index (χ0n) is 52.6. The fraction of sp³-hybridized carbons (Fsp3) is 0.242. The Labute approximate surface area is 432 Å². The van der Waals surface area contributed by atoms with Crippen LogP contribution in [0, 0.1) is 0 Å². The van der Waals surface area contributed by atoms with Gasteiger partial charge in [-0.15, -0.1) is 0 Å². The lowest BCUT2D eigenvalue weighted by atomic mass is 9.43. The predicted octanol–water partition coefficient (Wildman–Crippen LogP) is 16.7. The molecule has 13 rings (SSSR count). The van der Waals surface area contributed by atoms with Crippen molar-refractivity contribution in [2.75, 3.05) is 4.81 Å². The summed E-state index contributed by atoms with van der Waals surface area (Å²) in [7, 11) is 0. The van der Waals surface area contributed by atoms with Gasteiger partial charge in [-0.3, -0.25) is 0 Å². The second-order valence-corrected chi connectivity index (χ2v) is 24.0. The smallest absolute Gasteiger partial charge is 0.336 e. The molecule has 4 nitrogen and oxygen atoms in total. The lowest BCUT2D eigenvalue weighted by molar-refractivity contribution is 0.589. The maximum absolute atomic E-state index is 9.36. The second kappa shape index (κ2) is 14.7. The number of furan rings is 1. The van der Waals surface area contributed by atoms with E-state index in [0.717, 1.165) is 99.1 Å². The fourth-order valence-electron chi connectivity index (χ4n) is 11.4. The monoisotopic (exact) mass is 934 g/mol. The summed E-state index contributed by atoms with van der Waals surface area (Å²) in [6, 6.07) is 30.8. The van der Waals surface area contributed by atoms with Crippen molar-refractivity contribution >= 4 is 83.9 Å². The van der Waals surface area contributed by atoms with E-state index in [1.54, 1.807) is 6.07 Å². The predicted molar refractivity (Wildman–Crippen MR) is 304 cm³/mol. The molecule has 0 bridgehead atoms. The van der Waals surface area contributed by atoms with Gasteiger partial charge in [0.05, 0.1) is 41.3 Å². The van der Waals surface area contributed by atoms with Crippen LogP contribution in [0.4, 0.5) is 11.6 Å². The first-order chi connectivity index (χ1) is 37.9. The van der Waals surface area contributed by atoms with Crippen molar-refractivity contribution < 1.29 is 18.1 Å². The summed E-state index contributed by atoms with van der Waals surface area (Å²) >= 11 is 0. The van der Waals surface area contributed by atoms with Crippen LogP contribution in [0.5, 0.6) is 0 Å². The molecular formula is C66H62BN3O. The van der Waals surface area contributed by atoms with Gasteiger partial charge >= 0.3 is 6.85 Å². The van der Waals surface area contributed by atoms with Crippen molar-refractivity contribution in [3.05, 3.63) is 180 Å². The minimum atomic E-state index is -0.447. The van der Waals surface area contributed by atoms with Crippen LogP contribution in [-0.2, 0) is 21.7 Å². The van der Waals surface area contributed by atoms with Crippen LogP contribution >= 0.6 is 0 Å². The van der Waals surface area contributed by atoms with Gasteiger partial charge in [0.1, 0.15) is 5.58 Å². The number of fused-ring (bicyclic) bond motifs is 12. The Morgan fingerprint density at radius 2 is 1.03 bits per heavy atom. The van der Waals surface area contributed by atoms with Crippen molar-refractivity contribution in [3.8, 4) is 33.6 Å². The van der Waals surface area contributed by atoms with E-state index in [1.807, 2.05) is 22.8 Å². The highest BCUT2D eigenvalue weighted by atomic mass is 16.4. The number of para-hydroxylation sites is 1. The van der Waals surface area contributed by atoms with Gasteiger partial charge in [0.15, 0.2) is 5.88 Å². The summed E-state index contributed by atoms with van der Waals surface area (Å²) in [6.07, 6.45) is 0. The van der Waals surface area contributed by atoms with Crippen LogP contribution in [0.3, 0.4) is 0 Å². The van der Waals surface area contributed by atoms with Gasteiger partial charge in [-0.2, -0.15) is 0 Å². The quantitative estimate of drug-likeness (QED) is 0.165. The SMILES string of the molecule is [2H]c1c([2H])c([2H])c(-c2ccc3oc4c(c3c2)-c2cc(C(C)(C)C)cc3c2B(c2cc(C(C)(C)C)cc5c6cc7c(cc6n-3c25)c2cc(C(C)(C)C)ccc2n7-c2c([2H])c([2H])c([2H])c([2H])c2[2H])N4c2ccc(C(C)(C)C)cc2)c([2H])c1[2H]. The van der Waals surface area contributed by atoms with E-state index in [0.29, 0.717) is 17.0 Å². The van der Waals surface area contributed by atoms with Crippen molar-refractivity contribution in [1.82, 2.24) is 9.13 Å². The Hall–Kier alpha value is -7.24. The summed E-state index contributed by atoms with van der Waals surface area (Å²) < 4.78 is 100. The van der Waals surface area contributed by atoms with Gasteiger partial charge in [0.2, 0.25) is 0 Å². The molecule has 0 saturated heterocycles. The lowest BCUT2D eigenvalue weighted by Gasteiger charge is -2.41. The molecule has 0 aliphatic carbocycles. The number of rotatable bonds is 3. The third kappa shape index (κ3) is 6.50. The summed E-state index contributed by atoms with van der Waals surface area (Å²) in [5.41, 5.74) is 13.9.